The molecule has 52 valence electrons. The van der Waals surface area contributed by atoms with Gasteiger partial charge in [0, 0.05) is 0 Å². The molecular formula is C4H2ClN3OS. The molecule has 1 heterocycles. The van der Waals surface area contributed by atoms with E-state index >= 15 is 0 Å². The number of hydrogen-bond donors (Lipinski definition) is 1. The molecule has 6 heteroatoms. The SMILES string of the molecule is O=Nc1cnc(Cl)nc1S. The third-order valence-electron chi connectivity index (χ3n) is 0.819. The van der Waals surface area contributed by atoms with E-state index in [0.717, 1.165) is 0 Å². The molecule has 0 saturated carbocycles. The molecule has 1 aromatic rings. The number of hydrogen-bond acceptors (Lipinski definition) is 5. The van der Waals surface area contributed by atoms with Gasteiger partial charge in [-0.05, 0) is 16.8 Å². The van der Waals surface area contributed by atoms with Crippen LogP contribution in [0.25, 0.3) is 0 Å². The normalized spacial score (nSPS) is 9.40. The highest BCUT2D eigenvalue weighted by atomic mass is 35.5. The van der Waals surface area contributed by atoms with Crippen LogP contribution in [-0.4, -0.2) is 9.97 Å². The van der Waals surface area contributed by atoms with Crippen molar-refractivity contribution in [1.82, 2.24) is 9.97 Å². The molecule has 0 atom stereocenters. The van der Waals surface area contributed by atoms with Crippen LogP contribution in [0.15, 0.2) is 16.4 Å². The molecule has 1 aromatic heterocycles. The third-order valence-corrected chi connectivity index (χ3v) is 1.33. The highest BCUT2D eigenvalue weighted by Gasteiger charge is 2.00. The largest absolute Gasteiger partial charge is 0.224 e. The van der Waals surface area contributed by atoms with Gasteiger partial charge in [0.25, 0.3) is 0 Å². The van der Waals surface area contributed by atoms with E-state index < -0.39 is 0 Å². The Bertz CT molecular complexity index is 267. The van der Waals surface area contributed by atoms with Crippen LogP contribution in [0.1, 0.15) is 0 Å². The van der Waals surface area contributed by atoms with Crippen molar-refractivity contribution in [2.24, 2.45) is 5.18 Å². The smallest absolute Gasteiger partial charge is 0.223 e. The van der Waals surface area contributed by atoms with Crippen LogP contribution in [0.3, 0.4) is 0 Å². The second-order valence-electron chi connectivity index (χ2n) is 1.44. The fourth-order valence-corrected chi connectivity index (χ4v) is 0.796. The summed E-state index contributed by atoms with van der Waals surface area (Å²) in [6, 6.07) is 0. The molecular weight excluding hydrogens is 174 g/mol. The fraction of sp³-hybridized carbons (Fsp3) is 0. The minimum Gasteiger partial charge on any atom is -0.224 e. The lowest BCUT2D eigenvalue weighted by atomic mass is 10.6. The first-order chi connectivity index (χ1) is 4.74. The van der Waals surface area contributed by atoms with Crippen LogP contribution < -0.4 is 0 Å². The van der Waals surface area contributed by atoms with Gasteiger partial charge in [0.2, 0.25) is 5.28 Å². The first-order valence-electron chi connectivity index (χ1n) is 2.29. The first kappa shape index (κ1) is 7.43. The second kappa shape index (κ2) is 2.94. The summed E-state index contributed by atoms with van der Waals surface area (Å²) in [4.78, 5) is 17.0. The first-order valence-corrected chi connectivity index (χ1v) is 3.11. The zero-order valence-corrected chi connectivity index (χ0v) is 6.30. The van der Waals surface area contributed by atoms with Crippen LogP contribution >= 0.6 is 24.2 Å². The summed E-state index contributed by atoms with van der Waals surface area (Å²) in [7, 11) is 0. The molecule has 10 heavy (non-hydrogen) atoms. The van der Waals surface area contributed by atoms with E-state index in [4.69, 9.17) is 11.6 Å². The standard InChI is InChI=1S/C4H2ClN3OS/c5-4-6-1-2(8-9)3(10)7-4/h1H,(H,6,7,10). The van der Waals surface area contributed by atoms with Gasteiger partial charge >= 0.3 is 0 Å². The lowest BCUT2D eigenvalue weighted by Crippen LogP contribution is -1.81. The van der Waals surface area contributed by atoms with E-state index in [2.05, 4.69) is 27.8 Å². The molecule has 0 aliphatic rings. The van der Waals surface area contributed by atoms with Gasteiger partial charge < -0.3 is 0 Å². The predicted octanol–water partition coefficient (Wildman–Crippen LogP) is 1.82. The highest BCUT2D eigenvalue weighted by Crippen LogP contribution is 2.19. The van der Waals surface area contributed by atoms with Crippen molar-refractivity contribution >= 4 is 29.9 Å². The molecule has 1 rings (SSSR count). The van der Waals surface area contributed by atoms with Crippen molar-refractivity contribution in [1.29, 1.82) is 0 Å². The molecule has 0 fully saturated rings. The summed E-state index contributed by atoms with van der Waals surface area (Å²) in [5, 5.41) is 2.84. The van der Waals surface area contributed by atoms with Crippen LogP contribution in [0, 0.1) is 4.91 Å². The summed E-state index contributed by atoms with van der Waals surface area (Å²) >= 11 is 9.18. The Morgan fingerprint density at radius 3 is 2.90 bits per heavy atom. The topological polar surface area (TPSA) is 55.2 Å². The molecule has 0 aliphatic heterocycles. The molecule has 4 nitrogen and oxygen atoms in total. The van der Waals surface area contributed by atoms with E-state index in [1.165, 1.54) is 6.20 Å². The van der Waals surface area contributed by atoms with Crippen LogP contribution in [-0.2, 0) is 0 Å². The van der Waals surface area contributed by atoms with E-state index in [-0.39, 0.29) is 16.0 Å². The summed E-state index contributed by atoms with van der Waals surface area (Å²) in [6.07, 6.45) is 1.21. The number of thiol groups is 1. The zero-order valence-electron chi connectivity index (χ0n) is 4.65. The van der Waals surface area contributed by atoms with E-state index in [1.807, 2.05) is 0 Å². The van der Waals surface area contributed by atoms with Crippen molar-refractivity contribution in [3.63, 3.8) is 0 Å². The van der Waals surface area contributed by atoms with Crippen LogP contribution in [0.2, 0.25) is 5.28 Å². The maximum absolute atomic E-state index is 9.92. The molecule has 0 unspecified atom stereocenters. The minimum atomic E-state index is 0.0531. The second-order valence-corrected chi connectivity index (χ2v) is 2.20. The number of nitroso groups, excluding NO2 is 1. The van der Waals surface area contributed by atoms with Gasteiger partial charge in [-0.2, -0.15) is 0 Å². The Morgan fingerprint density at radius 1 is 1.70 bits per heavy atom. The maximum atomic E-state index is 9.92. The monoisotopic (exact) mass is 175 g/mol. The molecule has 0 N–H and O–H groups in total. The number of aromatic nitrogens is 2. The number of nitrogens with zero attached hydrogens (tertiary/aromatic N) is 3. The van der Waals surface area contributed by atoms with Gasteiger partial charge in [0.05, 0.1) is 6.20 Å². The molecule has 0 spiro atoms. The van der Waals surface area contributed by atoms with Crippen molar-refractivity contribution in [3.8, 4) is 0 Å². The zero-order chi connectivity index (χ0) is 7.56. The molecule has 0 saturated heterocycles. The summed E-state index contributed by atoms with van der Waals surface area (Å²) in [6.45, 7) is 0. The minimum absolute atomic E-state index is 0.0531. The van der Waals surface area contributed by atoms with Crippen molar-refractivity contribution in [2.75, 3.05) is 0 Å². The summed E-state index contributed by atoms with van der Waals surface area (Å²) in [5.74, 6) is 0. The third kappa shape index (κ3) is 1.43. The average Bonchev–Trinajstić information content (AvgIpc) is 1.88. The Balaban J connectivity index is 3.19. The van der Waals surface area contributed by atoms with Crippen LogP contribution in [0.4, 0.5) is 5.69 Å². The molecule has 0 radical (unpaired) electrons. The Labute approximate surface area is 67.0 Å². The van der Waals surface area contributed by atoms with Crippen LogP contribution in [0.5, 0.6) is 0 Å². The Morgan fingerprint density at radius 2 is 2.40 bits per heavy atom. The van der Waals surface area contributed by atoms with E-state index in [0.29, 0.717) is 0 Å². The summed E-state index contributed by atoms with van der Waals surface area (Å²) in [5.41, 5.74) is 0.0905. The van der Waals surface area contributed by atoms with Gasteiger partial charge in [0.1, 0.15) is 5.03 Å². The van der Waals surface area contributed by atoms with Gasteiger partial charge in [-0.15, -0.1) is 17.5 Å². The number of halogens is 1. The molecule has 0 aliphatic carbocycles. The van der Waals surface area contributed by atoms with Crippen molar-refractivity contribution in [3.05, 3.63) is 16.4 Å². The van der Waals surface area contributed by atoms with E-state index in [9.17, 15) is 4.91 Å². The molecule has 0 amide bonds. The fourth-order valence-electron chi connectivity index (χ4n) is 0.410. The quantitative estimate of drug-likeness (QED) is 0.307. The lowest BCUT2D eigenvalue weighted by Gasteiger charge is -1.91. The number of rotatable bonds is 1. The highest BCUT2D eigenvalue weighted by molar-refractivity contribution is 7.80. The van der Waals surface area contributed by atoms with Gasteiger partial charge in [-0.25, -0.2) is 9.97 Å². The van der Waals surface area contributed by atoms with Crippen molar-refractivity contribution < 1.29 is 0 Å². The Kier molecular flexibility index (Phi) is 2.18. The lowest BCUT2D eigenvalue weighted by molar-refractivity contribution is 1.04. The Hall–Kier alpha value is -0.680. The van der Waals surface area contributed by atoms with Gasteiger partial charge in [-0.3, -0.25) is 0 Å². The molecule has 0 bridgehead atoms. The van der Waals surface area contributed by atoms with Crippen molar-refractivity contribution in [2.45, 2.75) is 5.03 Å². The molecule has 0 aromatic carbocycles. The summed E-state index contributed by atoms with van der Waals surface area (Å²) < 4.78 is 0. The van der Waals surface area contributed by atoms with Gasteiger partial charge in [0.15, 0.2) is 5.69 Å². The van der Waals surface area contributed by atoms with E-state index in [1.54, 1.807) is 0 Å². The van der Waals surface area contributed by atoms with Gasteiger partial charge in [-0.1, -0.05) is 0 Å². The average molecular weight is 176 g/mol. The maximum Gasteiger partial charge on any atom is 0.223 e. The predicted molar refractivity (Wildman–Crippen MR) is 39.7 cm³/mol.